The molecule has 0 fully saturated rings. The van der Waals surface area contributed by atoms with Crippen molar-refractivity contribution in [1.29, 1.82) is 0 Å². The second-order valence-electron chi connectivity index (χ2n) is 5.28. The van der Waals surface area contributed by atoms with Gasteiger partial charge in [-0.15, -0.1) is 0 Å². The molecule has 0 radical (unpaired) electrons. The Balaban J connectivity index is 2.24. The molecule has 0 aliphatic heterocycles. The van der Waals surface area contributed by atoms with Crippen LogP contribution in [-0.2, 0) is 14.8 Å². The number of carbonyl (C=O) groups is 1. The number of nitrogens with zero attached hydrogens (tertiary/aromatic N) is 1. The normalized spacial score (nSPS) is 11.4. The van der Waals surface area contributed by atoms with Gasteiger partial charge in [-0.1, -0.05) is 18.2 Å². The van der Waals surface area contributed by atoms with Crippen LogP contribution in [0.1, 0.15) is 6.92 Å². The van der Waals surface area contributed by atoms with Crippen molar-refractivity contribution in [3.63, 3.8) is 0 Å². The van der Waals surface area contributed by atoms with Gasteiger partial charge in [0, 0.05) is 24.1 Å². The lowest BCUT2D eigenvalue weighted by molar-refractivity contribution is -0.131. The molecule has 0 saturated heterocycles. The predicted molar refractivity (Wildman–Crippen MR) is 90.9 cm³/mol. The van der Waals surface area contributed by atoms with Crippen LogP contribution in [0.15, 0.2) is 40.9 Å². The molecule has 0 aliphatic rings. The zero-order chi connectivity index (χ0) is 18.2. The van der Waals surface area contributed by atoms with Crippen molar-refractivity contribution in [2.24, 2.45) is 0 Å². The van der Waals surface area contributed by atoms with Crippen molar-refractivity contribution < 1.29 is 27.5 Å². The van der Waals surface area contributed by atoms with Gasteiger partial charge in [0.25, 0.3) is 5.88 Å². The molecule has 25 heavy (non-hydrogen) atoms. The van der Waals surface area contributed by atoms with Gasteiger partial charge >= 0.3 is 5.97 Å². The van der Waals surface area contributed by atoms with E-state index < -0.39 is 27.5 Å². The molecule has 2 heterocycles. The molecule has 0 bridgehead atoms. The standard InChI is InChI=1S/C16H14N2O6S/c1-9(19)23-15-13(20)14(24-16(15)18-25(2,21)22)11-7-8-17-12-6-4-3-5-10(11)12/h3-8,18,20H,1-2H3. The van der Waals surface area contributed by atoms with Gasteiger partial charge in [-0.3, -0.25) is 14.5 Å². The summed E-state index contributed by atoms with van der Waals surface area (Å²) in [5.74, 6) is -2.04. The molecule has 0 atom stereocenters. The van der Waals surface area contributed by atoms with Crippen molar-refractivity contribution in [3.8, 4) is 22.8 Å². The number of anilines is 1. The van der Waals surface area contributed by atoms with Crippen molar-refractivity contribution in [1.82, 2.24) is 4.98 Å². The van der Waals surface area contributed by atoms with E-state index in [9.17, 15) is 18.3 Å². The van der Waals surface area contributed by atoms with E-state index in [1.54, 1.807) is 24.3 Å². The summed E-state index contributed by atoms with van der Waals surface area (Å²) in [6.45, 7) is 1.12. The van der Waals surface area contributed by atoms with Crippen molar-refractivity contribution in [2.45, 2.75) is 6.92 Å². The Bertz CT molecular complexity index is 1070. The fraction of sp³-hybridized carbons (Fsp3) is 0.125. The number of hydrogen-bond donors (Lipinski definition) is 2. The molecule has 3 rings (SSSR count). The minimum atomic E-state index is -3.72. The number of fused-ring (bicyclic) bond motifs is 1. The summed E-state index contributed by atoms with van der Waals surface area (Å²) in [5, 5.41) is 11.1. The molecular weight excluding hydrogens is 348 g/mol. The minimum Gasteiger partial charge on any atom is -0.502 e. The molecule has 0 spiro atoms. The highest BCUT2D eigenvalue weighted by molar-refractivity contribution is 7.92. The fourth-order valence-corrected chi connectivity index (χ4v) is 2.83. The highest BCUT2D eigenvalue weighted by atomic mass is 32.2. The largest absolute Gasteiger partial charge is 0.502 e. The van der Waals surface area contributed by atoms with Crippen molar-refractivity contribution >= 4 is 32.8 Å². The van der Waals surface area contributed by atoms with E-state index in [0.29, 0.717) is 16.5 Å². The monoisotopic (exact) mass is 362 g/mol. The first-order chi connectivity index (χ1) is 11.8. The zero-order valence-electron chi connectivity index (χ0n) is 13.3. The van der Waals surface area contributed by atoms with Gasteiger partial charge in [-0.05, 0) is 12.1 Å². The molecule has 0 saturated carbocycles. The Labute approximate surface area is 143 Å². The smallest absolute Gasteiger partial charge is 0.308 e. The molecule has 0 aliphatic carbocycles. The first-order valence-corrected chi connectivity index (χ1v) is 9.01. The Kier molecular flexibility index (Phi) is 4.09. The van der Waals surface area contributed by atoms with Crippen LogP contribution in [-0.4, -0.2) is 30.7 Å². The SMILES string of the molecule is CC(=O)Oc1c(NS(C)(=O)=O)oc(-c2ccnc3ccccc23)c1O. The first kappa shape index (κ1) is 16.8. The van der Waals surface area contributed by atoms with Crippen LogP contribution in [0.2, 0.25) is 0 Å². The third kappa shape index (κ3) is 3.41. The summed E-state index contributed by atoms with van der Waals surface area (Å²) in [6.07, 6.45) is 2.43. The maximum absolute atomic E-state index is 11.5. The number of carbonyl (C=O) groups excluding carboxylic acids is 1. The Morgan fingerprint density at radius 3 is 2.68 bits per heavy atom. The number of para-hydroxylation sites is 1. The third-order valence-corrected chi connectivity index (χ3v) is 3.81. The number of rotatable bonds is 4. The Morgan fingerprint density at radius 2 is 2.00 bits per heavy atom. The lowest BCUT2D eigenvalue weighted by atomic mass is 10.1. The van der Waals surface area contributed by atoms with E-state index in [4.69, 9.17) is 9.15 Å². The van der Waals surface area contributed by atoms with Crippen LogP contribution in [0.25, 0.3) is 22.2 Å². The summed E-state index contributed by atoms with van der Waals surface area (Å²) < 4.78 is 35.5. The topological polar surface area (TPSA) is 119 Å². The molecule has 0 amide bonds. The van der Waals surface area contributed by atoms with Crippen molar-refractivity contribution in [3.05, 3.63) is 36.5 Å². The van der Waals surface area contributed by atoms with E-state index in [1.165, 1.54) is 6.20 Å². The average Bonchev–Trinajstić information content (AvgIpc) is 2.81. The number of pyridine rings is 1. The molecule has 1 aromatic carbocycles. The van der Waals surface area contributed by atoms with Crippen LogP contribution in [0.3, 0.4) is 0 Å². The van der Waals surface area contributed by atoms with Crippen LogP contribution >= 0.6 is 0 Å². The summed E-state index contributed by atoms with van der Waals surface area (Å²) in [4.78, 5) is 15.5. The number of nitrogens with one attached hydrogen (secondary N) is 1. The zero-order valence-corrected chi connectivity index (χ0v) is 14.1. The molecule has 3 aromatic rings. The van der Waals surface area contributed by atoms with E-state index >= 15 is 0 Å². The summed E-state index contributed by atoms with van der Waals surface area (Å²) in [6, 6.07) is 8.75. The quantitative estimate of drug-likeness (QED) is 0.684. The summed E-state index contributed by atoms with van der Waals surface area (Å²) >= 11 is 0. The molecular formula is C16H14N2O6S. The number of ether oxygens (including phenoxy) is 1. The van der Waals surface area contributed by atoms with E-state index in [2.05, 4.69) is 9.71 Å². The van der Waals surface area contributed by atoms with E-state index in [-0.39, 0.29) is 11.6 Å². The summed E-state index contributed by atoms with van der Waals surface area (Å²) in [5.41, 5.74) is 1.13. The van der Waals surface area contributed by atoms with Gasteiger partial charge < -0.3 is 14.3 Å². The van der Waals surface area contributed by atoms with Gasteiger partial charge in [0.05, 0.1) is 11.8 Å². The molecule has 2 N–H and O–H groups in total. The second kappa shape index (κ2) is 6.10. The summed E-state index contributed by atoms with van der Waals surface area (Å²) in [7, 11) is -3.72. The van der Waals surface area contributed by atoms with Crippen molar-refractivity contribution in [2.75, 3.05) is 11.0 Å². The molecule has 9 heteroatoms. The van der Waals surface area contributed by atoms with Crippen LogP contribution in [0.5, 0.6) is 11.5 Å². The maximum atomic E-state index is 11.5. The van der Waals surface area contributed by atoms with Gasteiger partial charge in [0.2, 0.25) is 21.5 Å². The Morgan fingerprint density at radius 1 is 1.28 bits per heavy atom. The number of benzene rings is 1. The first-order valence-electron chi connectivity index (χ1n) is 7.12. The van der Waals surface area contributed by atoms with Gasteiger partial charge in [0.15, 0.2) is 5.76 Å². The highest BCUT2D eigenvalue weighted by Crippen LogP contribution is 2.47. The van der Waals surface area contributed by atoms with E-state index in [0.717, 1.165) is 13.2 Å². The number of hydrogen-bond acceptors (Lipinski definition) is 7. The highest BCUT2D eigenvalue weighted by Gasteiger charge is 2.27. The second-order valence-corrected chi connectivity index (χ2v) is 7.03. The number of furan rings is 1. The van der Waals surface area contributed by atoms with Gasteiger partial charge in [-0.25, -0.2) is 8.42 Å². The predicted octanol–water partition coefficient (Wildman–Crippen LogP) is 2.50. The third-order valence-electron chi connectivity index (χ3n) is 3.26. The van der Waals surface area contributed by atoms with E-state index in [1.807, 2.05) is 6.07 Å². The fourth-order valence-electron chi connectivity index (χ4n) is 2.36. The lowest BCUT2D eigenvalue weighted by Crippen LogP contribution is -2.11. The molecule has 0 unspecified atom stereocenters. The van der Waals surface area contributed by atoms with Gasteiger partial charge in [-0.2, -0.15) is 0 Å². The number of esters is 1. The molecule has 2 aromatic heterocycles. The Hall–Kier alpha value is -3.07. The number of aromatic nitrogens is 1. The van der Waals surface area contributed by atoms with Crippen LogP contribution in [0.4, 0.5) is 5.88 Å². The minimum absolute atomic E-state index is 0.0407. The van der Waals surface area contributed by atoms with Crippen LogP contribution < -0.4 is 9.46 Å². The average molecular weight is 362 g/mol. The number of aromatic hydroxyl groups is 1. The lowest BCUT2D eigenvalue weighted by Gasteiger charge is -2.03. The van der Waals surface area contributed by atoms with Crippen LogP contribution in [0, 0.1) is 0 Å². The maximum Gasteiger partial charge on any atom is 0.308 e. The molecule has 8 nitrogen and oxygen atoms in total. The number of sulfonamides is 1. The molecule has 130 valence electrons. The van der Waals surface area contributed by atoms with Gasteiger partial charge in [0.1, 0.15) is 0 Å².